The Hall–Kier alpha value is -2.21. The predicted octanol–water partition coefficient (Wildman–Crippen LogP) is 0.480. The number of hydrogen-bond acceptors (Lipinski definition) is 4. The highest BCUT2D eigenvalue weighted by Crippen LogP contribution is 2.23. The first-order valence-corrected chi connectivity index (χ1v) is 6.89. The summed E-state index contributed by atoms with van der Waals surface area (Å²) in [5, 5.41) is 11.2. The van der Waals surface area contributed by atoms with Gasteiger partial charge in [-0.3, -0.25) is 19.3 Å². The Morgan fingerprint density at radius 3 is 2.67 bits per heavy atom. The van der Waals surface area contributed by atoms with Gasteiger partial charge in [0, 0.05) is 26.1 Å². The molecular weight excluding hydrogens is 272 g/mol. The molecule has 1 aromatic rings. The zero-order valence-corrected chi connectivity index (χ0v) is 11.9. The molecule has 0 radical (unpaired) electrons. The van der Waals surface area contributed by atoms with Crippen LogP contribution in [0.3, 0.4) is 0 Å². The van der Waals surface area contributed by atoms with Gasteiger partial charge in [0.2, 0.25) is 5.91 Å². The van der Waals surface area contributed by atoms with E-state index in [0.717, 1.165) is 10.5 Å². The van der Waals surface area contributed by atoms with Gasteiger partial charge < -0.3 is 10.4 Å². The summed E-state index contributed by atoms with van der Waals surface area (Å²) in [6, 6.07) is 5.12. The lowest BCUT2D eigenvalue weighted by Crippen LogP contribution is -2.34. The second-order valence-corrected chi connectivity index (χ2v) is 4.99. The molecule has 0 saturated carbocycles. The van der Waals surface area contributed by atoms with E-state index < -0.39 is 0 Å². The summed E-state index contributed by atoms with van der Waals surface area (Å²) in [6.45, 7) is 2.32. The molecule has 1 aliphatic rings. The maximum absolute atomic E-state index is 12.2. The van der Waals surface area contributed by atoms with Crippen LogP contribution in [0, 0.1) is 6.92 Å². The van der Waals surface area contributed by atoms with Gasteiger partial charge >= 0.3 is 0 Å². The van der Waals surface area contributed by atoms with Crippen molar-refractivity contribution < 1.29 is 19.5 Å². The van der Waals surface area contributed by atoms with Crippen LogP contribution < -0.4 is 5.32 Å². The molecule has 0 fully saturated rings. The fourth-order valence-electron chi connectivity index (χ4n) is 2.22. The van der Waals surface area contributed by atoms with E-state index in [2.05, 4.69) is 5.32 Å². The van der Waals surface area contributed by atoms with Gasteiger partial charge in [-0.1, -0.05) is 11.6 Å². The monoisotopic (exact) mass is 290 g/mol. The summed E-state index contributed by atoms with van der Waals surface area (Å²) in [5.74, 6) is -0.934. The molecule has 6 heteroatoms. The van der Waals surface area contributed by atoms with Gasteiger partial charge in [-0.15, -0.1) is 0 Å². The minimum Gasteiger partial charge on any atom is -0.396 e. The third-order valence-corrected chi connectivity index (χ3v) is 3.35. The Morgan fingerprint density at radius 2 is 1.95 bits per heavy atom. The molecule has 0 atom stereocenters. The van der Waals surface area contributed by atoms with Crippen molar-refractivity contribution in [2.75, 3.05) is 19.7 Å². The molecule has 0 spiro atoms. The Bertz CT molecular complexity index is 583. The van der Waals surface area contributed by atoms with Crippen LogP contribution in [0.4, 0.5) is 0 Å². The van der Waals surface area contributed by atoms with Gasteiger partial charge in [0.25, 0.3) is 11.8 Å². The average molecular weight is 290 g/mol. The van der Waals surface area contributed by atoms with E-state index in [9.17, 15) is 14.4 Å². The van der Waals surface area contributed by atoms with Crippen LogP contribution in [-0.4, -0.2) is 47.4 Å². The number of aliphatic hydroxyl groups excluding tert-OH is 1. The normalized spacial score (nSPS) is 13.5. The van der Waals surface area contributed by atoms with Gasteiger partial charge in [-0.05, 0) is 25.5 Å². The lowest BCUT2D eigenvalue weighted by molar-refractivity contribution is -0.121. The van der Waals surface area contributed by atoms with Crippen LogP contribution in [0.15, 0.2) is 18.2 Å². The van der Waals surface area contributed by atoms with Gasteiger partial charge in [0.1, 0.15) is 0 Å². The van der Waals surface area contributed by atoms with Gasteiger partial charge in [-0.25, -0.2) is 0 Å². The number of aliphatic hydroxyl groups is 1. The SMILES string of the molecule is Cc1ccc2c(c1)C(=O)N(CCC(=O)NCCCO)C2=O. The average Bonchev–Trinajstić information content (AvgIpc) is 2.69. The van der Waals surface area contributed by atoms with E-state index in [-0.39, 0.29) is 37.3 Å². The molecule has 1 aliphatic heterocycles. The number of fused-ring (bicyclic) bond motifs is 1. The van der Waals surface area contributed by atoms with Crippen LogP contribution in [0.2, 0.25) is 0 Å². The molecule has 112 valence electrons. The smallest absolute Gasteiger partial charge is 0.261 e. The zero-order chi connectivity index (χ0) is 15.4. The van der Waals surface area contributed by atoms with E-state index in [0.29, 0.717) is 24.1 Å². The first-order valence-electron chi connectivity index (χ1n) is 6.89. The van der Waals surface area contributed by atoms with Gasteiger partial charge in [0.05, 0.1) is 11.1 Å². The summed E-state index contributed by atoms with van der Waals surface area (Å²) in [6.07, 6.45) is 0.550. The minimum atomic E-state index is -0.349. The first kappa shape index (κ1) is 15.2. The largest absolute Gasteiger partial charge is 0.396 e. The third-order valence-electron chi connectivity index (χ3n) is 3.35. The Morgan fingerprint density at radius 1 is 1.24 bits per heavy atom. The number of aryl methyl sites for hydroxylation is 1. The fraction of sp³-hybridized carbons (Fsp3) is 0.400. The quantitative estimate of drug-likeness (QED) is 0.589. The van der Waals surface area contributed by atoms with Crippen molar-refractivity contribution in [1.82, 2.24) is 10.2 Å². The van der Waals surface area contributed by atoms with E-state index in [1.807, 2.05) is 6.92 Å². The maximum atomic E-state index is 12.2. The molecule has 21 heavy (non-hydrogen) atoms. The number of hydrogen-bond donors (Lipinski definition) is 2. The zero-order valence-electron chi connectivity index (χ0n) is 11.9. The number of carbonyl (C=O) groups excluding carboxylic acids is 3. The molecule has 6 nitrogen and oxygen atoms in total. The summed E-state index contributed by atoms with van der Waals surface area (Å²) >= 11 is 0. The number of carbonyl (C=O) groups is 3. The van der Waals surface area contributed by atoms with Crippen molar-refractivity contribution in [3.05, 3.63) is 34.9 Å². The molecule has 0 unspecified atom stereocenters. The van der Waals surface area contributed by atoms with Crippen LogP contribution in [-0.2, 0) is 4.79 Å². The highest BCUT2D eigenvalue weighted by Gasteiger charge is 2.35. The van der Waals surface area contributed by atoms with E-state index in [1.165, 1.54) is 0 Å². The molecule has 1 heterocycles. The second-order valence-electron chi connectivity index (χ2n) is 4.99. The molecule has 3 amide bonds. The fourth-order valence-corrected chi connectivity index (χ4v) is 2.22. The van der Waals surface area contributed by atoms with Gasteiger partial charge in [0.15, 0.2) is 0 Å². The lowest BCUT2D eigenvalue weighted by Gasteiger charge is -2.13. The predicted molar refractivity (Wildman–Crippen MR) is 75.9 cm³/mol. The summed E-state index contributed by atoms with van der Waals surface area (Å²) in [5.41, 5.74) is 1.71. The van der Waals surface area contributed by atoms with Crippen molar-refractivity contribution in [2.45, 2.75) is 19.8 Å². The van der Waals surface area contributed by atoms with E-state index in [4.69, 9.17) is 5.11 Å². The summed E-state index contributed by atoms with van der Waals surface area (Å²) in [4.78, 5) is 37.0. The van der Waals surface area contributed by atoms with Crippen molar-refractivity contribution >= 4 is 17.7 Å². The number of nitrogens with zero attached hydrogens (tertiary/aromatic N) is 1. The number of benzene rings is 1. The third kappa shape index (κ3) is 3.28. The van der Waals surface area contributed by atoms with Crippen molar-refractivity contribution in [3.8, 4) is 0 Å². The van der Waals surface area contributed by atoms with Crippen LogP contribution >= 0.6 is 0 Å². The topological polar surface area (TPSA) is 86.7 Å². The molecule has 0 aromatic heterocycles. The van der Waals surface area contributed by atoms with Crippen LogP contribution in [0.5, 0.6) is 0 Å². The number of imide groups is 1. The molecule has 2 rings (SSSR count). The molecule has 0 aliphatic carbocycles. The maximum Gasteiger partial charge on any atom is 0.261 e. The summed E-state index contributed by atoms with van der Waals surface area (Å²) < 4.78 is 0. The van der Waals surface area contributed by atoms with Crippen LogP contribution in [0.1, 0.15) is 39.1 Å². The summed E-state index contributed by atoms with van der Waals surface area (Å²) in [7, 11) is 0. The van der Waals surface area contributed by atoms with Crippen molar-refractivity contribution in [3.63, 3.8) is 0 Å². The van der Waals surface area contributed by atoms with Crippen molar-refractivity contribution in [1.29, 1.82) is 0 Å². The number of rotatable bonds is 6. The lowest BCUT2D eigenvalue weighted by atomic mass is 10.1. The molecule has 1 aromatic carbocycles. The van der Waals surface area contributed by atoms with Gasteiger partial charge in [-0.2, -0.15) is 0 Å². The number of nitrogens with one attached hydrogen (secondary N) is 1. The Kier molecular flexibility index (Phi) is 4.70. The highest BCUT2D eigenvalue weighted by atomic mass is 16.3. The second kappa shape index (κ2) is 6.49. The molecule has 0 bridgehead atoms. The van der Waals surface area contributed by atoms with Crippen LogP contribution in [0.25, 0.3) is 0 Å². The first-order chi connectivity index (χ1) is 10.0. The standard InChI is InChI=1S/C15H18N2O4/c1-10-3-4-11-12(9-10)15(21)17(14(11)20)7-5-13(19)16-6-2-8-18/h3-4,9,18H,2,5-8H2,1H3,(H,16,19). The number of amides is 3. The minimum absolute atomic E-state index is 0.0119. The molecule has 0 saturated heterocycles. The Labute approximate surface area is 122 Å². The highest BCUT2D eigenvalue weighted by molar-refractivity contribution is 6.21. The molecule has 2 N–H and O–H groups in total. The Balaban J connectivity index is 1.96. The van der Waals surface area contributed by atoms with E-state index >= 15 is 0 Å². The molecular formula is C15H18N2O4. The van der Waals surface area contributed by atoms with Crippen molar-refractivity contribution in [2.24, 2.45) is 0 Å². The van der Waals surface area contributed by atoms with E-state index in [1.54, 1.807) is 18.2 Å².